The molecule has 2 heterocycles. The van der Waals surface area contributed by atoms with E-state index in [1.165, 1.54) is 12.3 Å². The second-order valence-electron chi connectivity index (χ2n) is 4.98. The maximum atomic E-state index is 12.6. The van der Waals surface area contributed by atoms with Crippen LogP contribution in [0.2, 0.25) is 0 Å². The average molecular weight is 302 g/mol. The quantitative estimate of drug-likeness (QED) is 0.921. The average Bonchev–Trinajstić information content (AvgIpc) is 3.20. The zero-order valence-electron chi connectivity index (χ0n) is 11.2. The summed E-state index contributed by atoms with van der Waals surface area (Å²) in [6.45, 7) is 0.575. The van der Waals surface area contributed by atoms with Gasteiger partial charge in [-0.25, -0.2) is 9.78 Å². The van der Waals surface area contributed by atoms with E-state index in [0.717, 1.165) is 17.7 Å². The van der Waals surface area contributed by atoms with Crippen molar-refractivity contribution in [1.82, 2.24) is 9.88 Å². The third-order valence-corrected chi connectivity index (χ3v) is 4.24. The van der Waals surface area contributed by atoms with E-state index in [9.17, 15) is 9.59 Å². The first kappa shape index (κ1) is 13.8. The highest BCUT2D eigenvalue weighted by Gasteiger charge is 2.33. The number of carbonyl (C=O) groups excluding carboxylic acids is 1. The lowest BCUT2D eigenvalue weighted by molar-refractivity contribution is 0.0690. The van der Waals surface area contributed by atoms with Crippen LogP contribution in [0, 0.1) is 0 Å². The summed E-state index contributed by atoms with van der Waals surface area (Å²) in [7, 11) is 0. The number of nitrogens with zero attached hydrogens (tertiary/aromatic N) is 2. The number of hydrogen-bond donors (Lipinski definition) is 1. The van der Waals surface area contributed by atoms with Crippen molar-refractivity contribution in [2.24, 2.45) is 0 Å². The van der Waals surface area contributed by atoms with Gasteiger partial charge in [-0.05, 0) is 36.4 Å². The van der Waals surface area contributed by atoms with Crippen LogP contribution < -0.4 is 0 Å². The Kier molecular flexibility index (Phi) is 3.70. The predicted octanol–water partition coefficient (Wildman–Crippen LogP) is 2.65. The SMILES string of the molecule is O=C(O)c1cc(C(=O)N(Cc2cccs2)C2CC2)ccn1. The van der Waals surface area contributed by atoms with Crippen molar-refractivity contribution in [3.05, 3.63) is 52.0 Å². The molecule has 3 rings (SSSR count). The van der Waals surface area contributed by atoms with Crippen LogP contribution >= 0.6 is 11.3 Å². The minimum Gasteiger partial charge on any atom is -0.477 e. The third kappa shape index (κ3) is 3.11. The van der Waals surface area contributed by atoms with Gasteiger partial charge in [-0.2, -0.15) is 0 Å². The van der Waals surface area contributed by atoms with Gasteiger partial charge in [-0.15, -0.1) is 11.3 Å². The van der Waals surface area contributed by atoms with Crippen LogP contribution in [0.15, 0.2) is 35.8 Å². The summed E-state index contributed by atoms with van der Waals surface area (Å²) in [6, 6.07) is 7.14. The Balaban J connectivity index is 1.84. The van der Waals surface area contributed by atoms with E-state index in [1.807, 2.05) is 22.4 Å². The number of carbonyl (C=O) groups is 2. The first-order chi connectivity index (χ1) is 10.1. The largest absolute Gasteiger partial charge is 0.477 e. The van der Waals surface area contributed by atoms with E-state index in [0.29, 0.717) is 12.1 Å². The molecule has 1 amide bonds. The molecular formula is C15H14N2O3S. The highest BCUT2D eigenvalue weighted by Crippen LogP contribution is 2.30. The van der Waals surface area contributed by atoms with E-state index in [2.05, 4.69) is 4.98 Å². The highest BCUT2D eigenvalue weighted by molar-refractivity contribution is 7.09. The van der Waals surface area contributed by atoms with Gasteiger partial charge in [-0.3, -0.25) is 4.79 Å². The summed E-state index contributed by atoms with van der Waals surface area (Å²) < 4.78 is 0. The molecule has 6 heteroatoms. The number of thiophene rings is 1. The van der Waals surface area contributed by atoms with E-state index in [4.69, 9.17) is 5.11 Å². The number of hydrogen-bond acceptors (Lipinski definition) is 4. The van der Waals surface area contributed by atoms with Crippen LogP contribution in [0.1, 0.15) is 38.6 Å². The van der Waals surface area contributed by atoms with Crippen LogP contribution in [0.5, 0.6) is 0 Å². The molecule has 1 aliphatic carbocycles. The molecule has 108 valence electrons. The smallest absolute Gasteiger partial charge is 0.354 e. The normalized spacial score (nSPS) is 13.9. The zero-order chi connectivity index (χ0) is 14.8. The number of amides is 1. The lowest BCUT2D eigenvalue weighted by Crippen LogP contribution is -2.32. The standard InChI is InChI=1S/C15H14N2O3S/c18-14(10-5-6-16-13(8-10)15(19)20)17(11-3-4-11)9-12-2-1-7-21-12/h1-2,5-8,11H,3-4,9H2,(H,19,20). The Morgan fingerprint density at radius 3 is 2.81 bits per heavy atom. The minimum absolute atomic E-state index is 0.104. The van der Waals surface area contributed by atoms with Gasteiger partial charge in [0.2, 0.25) is 0 Å². The number of aromatic nitrogens is 1. The Labute approximate surface area is 125 Å². The van der Waals surface area contributed by atoms with Gasteiger partial charge in [0.15, 0.2) is 0 Å². The number of aromatic carboxylic acids is 1. The Morgan fingerprint density at radius 2 is 2.19 bits per heavy atom. The Morgan fingerprint density at radius 1 is 1.38 bits per heavy atom. The third-order valence-electron chi connectivity index (χ3n) is 3.38. The second kappa shape index (κ2) is 5.65. The lowest BCUT2D eigenvalue weighted by atomic mass is 10.2. The highest BCUT2D eigenvalue weighted by atomic mass is 32.1. The fraction of sp³-hybridized carbons (Fsp3) is 0.267. The van der Waals surface area contributed by atoms with Gasteiger partial charge in [0.1, 0.15) is 5.69 Å². The van der Waals surface area contributed by atoms with Crippen molar-refractivity contribution in [3.8, 4) is 0 Å². The fourth-order valence-electron chi connectivity index (χ4n) is 2.17. The zero-order valence-corrected chi connectivity index (χ0v) is 12.0. The summed E-state index contributed by atoms with van der Waals surface area (Å²) in [5.74, 6) is -1.25. The van der Waals surface area contributed by atoms with Crippen LogP contribution in [-0.2, 0) is 6.54 Å². The molecule has 2 aromatic heterocycles. The molecule has 1 saturated carbocycles. The first-order valence-electron chi connectivity index (χ1n) is 6.68. The molecule has 0 radical (unpaired) electrons. The molecule has 0 bridgehead atoms. The lowest BCUT2D eigenvalue weighted by Gasteiger charge is -2.22. The second-order valence-corrected chi connectivity index (χ2v) is 6.01. The van der Waals surface area contributed by atoms with Gasteiger partial charge in [-0.1, -0.05) is 6.07 Å². The monoisotopic (exact) mass is 302 g/mol. The van der Waals surface area contributed by atoms with Gasteiger partial charge >= 0.3 is 5.97 Å². The predicted molar refractivity (Wildman–Crippen MR) is 78.4 cm³/mol. The molecule has 0 aliphatic heterocycles. The first-order valence-corrected chi connectivity index (χ1v) is 7.56. The number of pyridine rings is 1. The van der Waals surface area contributed by atoms with Crippen molar-refractivity contribution >= 4 is 23.2 Å². The maximum absolute atomic E-state index is 12.6. The molecule has 0 aromatic carbocycles. The topological polar surface area (TPSA) is 70.5 Å². The summed E-state index contributed by atoms with van der Waals surface area (Å²) >= 11 is 1.62. The molecule has 0 saturated heterocycles. The van der Waals surface area contributed by atoms with Crippen LogP contribution in [-0.4, -0.2) is 32.9 Å². The Hall–Kier alpha value is -2.21. The van der Waals surface area contributed by atoms with E-state index >= 15 is 0 Å². The van der Waals surface area contributed by atoms with Crippen LogP contribution in [0.25, 0.3) is 0 Å². The number of rotatable bonds is 5. The van der Waals surface area contributed by atoms with Gasteiger partial charge in [0.25, 0.3) is 5.91 Å². The molecule has 0 unspecified atom stereocenters. The molecule has 1 fully saturated rings. The van der Waals surface area contributed by atoms with Crippen molar-refractivity contribution in [2.75, 3.05) is 0 Å². The summed E-state index contributed by atoms with van der Waals surface area (Å²) in [5.41, 5.74) is 0.276. The Bertz CT molecular complexity index is 665. The minimum atomic E-state index is -1.12. The molecule has 21 heavy (non-hydrogen) atoms. The van der Waals surface area contributed by atoms with Crippen molar-refractivity contribution in [1.29, 1.82) is 0 Å². The number of carboxylic acid groups (broad SMARTS) is 1. The molecule has 2 aromatic rings. The summed E-state index contributed by atoms with van der Waals surface area (Å²) in [6.07, 6.45) is 3.38. The summed E-state index contributed by atoms with van der Waals surface area (Å²) in [4.78, 5) is 30.3. The van der Waals surface area contributed by atoms with Crippen molar-refractivity contribution in [2.45, 2.75) is 25.4 Å². The molecule has 1 aliphatic rings. The van der Waals surface area contributed by atoms with Crippen LogP contribution in [0.4, 0.5) is 0 Å². The van der Waals surface area contributed by atoms with E-state index in [-0.39, 0.29) is 17.6 Å². The van der Waals surface area contributed by atoms with E-state index < -0.39 is 5.97 Å². The molecular weight excluding hydrogens is 288 g/mol. The summed E-state index contributed by atoms with van der Waals surface area (Å²) in [5, 5.41) is 11.0. The molecule has 0 atom stereocenters. The van der Waals surface area contributed by atoms with Crippen LogP contribution in [0.3, 0.4) is 0 Å². The maximum Gasteiger partial charge on any atom is 0.354 e. The fourth-order valence-corrected chi connectivity index (χ4v) is 2.87. The van der Waals surface area contributed by atoms with Gasteiger partial charge in [0.05, 0.1) is 6.54 Å². The van der Waals surface area contributed by atoms with Gasteiger partial charge in [0, 0.05) is 22.7 Å². The van der Waals surface area contributed by atoms with E-state index in [1.54, 1.807) is 17.4 Å². The van der Waals surface area contributed by atoms with Crippen molar-refractivity contribution < 1.29 is 14.7 Å². The van der Waals surface area contributed by atoms with Gasteiger partial charge < -0.3 is 10.0 Å². The number of carboxylic acids is 1. The molecule has 1 N–H and O–H groups in total. The molecule has 0 spiro atoms. The van der Waals surface area contributed by atoms with Crippen molar-refractivity contribution in [3.63, 3.8) is 0 Å². The molecule has 5 nitrogen and oxygen atoms in total.